The number of nitrogens with one attached hydrogen (secondary N) is 1. The summed E-state index contributed by atoms with van der Waals surface area (Å²) < 4.78 is 6.12. The zero-order chi connectivity index (χ0) is 16.4. The summed E-state index contributed by atoms with van der Waals surface area (Å²) in [5.74, 6) is -1.23. The molecule has 0 bridgehead atoms. The molecule has 0 saturated carbocycles. The highest BCUT2D eigenvalue weighted by Crippen LogP contribution is 2.27. The van der Waals surface area contributed by atoms with Crippen LogP contribution in [0, 0.1) is 0 Å². The summed E-state index contributed by atoms with van der Waals surface area (Å²) in [5, 5.41) is 13.8. The smallest absolute Gasteiger partial charge is 0.305 e. The predicted molar refractivity (Wildman–Crippen MR) is 89.5 cm³/mol. The molecule has 0 spiro atoms. The molecule has 120 valence electrons. The molecule has 1 amide bonds. The Labute approximate surface area is 141 Å². The molecular formula is C17H16BrNO4. The van der Waals surface area contributed by atoms with Crippen LogP contribution in [0.3, 0.4) is 0 Å². The van der Waals surface area contributed by atoms with Crippen LogP contribution in [0.1, 0.15) is 23.2 Å². The van der Waals surface area contributed by atoms with Crippen molar-refractivity contribution in [1.82, 2.24) is 5.32 Å². The Morgan fingerprint density at radius 2 is 2.09 bits per heavy atom. The standard InChI is InChI=1S/C17H16BrNO4/c18-12-7-11-3-1-2-4-13(11)14(8-12)16(22)19-17(9-15(20)21)5-6-23-10-17/h1-4,7-8H,5-6,9-10H2,(H,19,22)(H,20,21). The second-order valence-corrected chi connectivity index (χ2v) is 6.70. The lowest BCUT2D eigenvalue weighted by Crippen LogP contribution is -2.50. The van der Waals surface area contributed by atoms with Crippen LogP contribution >= 0.6 is 15.9 Å². The molecule has 1 aliphatic rings. The van der Waals surface area contributed by atoms with Crippen molar-refractivity contribution in [3.63, 3.8) is 0 Å². The van der Waals surface area contributed by atoms with E-state index in [4.69, 9.17) is 9.84 Å². The van der Waals surface area contributed by atoms with Crippen LogP contribution in [0.2, 0.25) is 0 Å². The summed E-state index contributed by atoms with van der Waals surface area (Å²) in [6, 6.07) is 11.3. The normalized spacial score (nSPS) is 20.6. The second kappa shape index (κ2) is 6.29. The Kier molecular flexibility index (Phi) is 4.37. The first-order valence-corrected chi connectivity index (χ1v) is 8.09. The first kappa shape index (κ1) is 16.0. The molecular weight excluding hydrogens is 362 g/mol. The fourth-order valence-corrected chi connectivity index (χ4v) is 3.42. The van der Waals surface area contributed by atoms with E-state index in [1.807, 2.05) is 30.3 Å². The van der Waals surface area contributed by atoms with Gasteiger partial charge in [-0.3, -0.25) is 9.59 Å². The third-order valence-corrected chi connectivity index (χ3v) is 4.50. The number of amides is 1. The number of carbonyl (C=O) groups excluding carboxylic acids is 1. The lowest BCUT2D eigenvalue weighted by atomic mass is 9.93. The maximum atomic E-state index is 12.8. The zero-order valence-corrected chi connectivity index (χ0v) is 13.9. The maximum Gasteiger partial charge on any atom is 0.305 e. The van der Waals surface area contributed by atoms with E-state index in [1.54, 1.807) is 6.07 Å². The quantitative estimate of drug-likeness (QED) is 0.858. The zero-order valence-electron chi connectivity index (χ0n) is 12.3. The van der Waals surface area contributed by atoms with Crippen LogP contribution in [-0.2, 0) is 9.53 Å². The topological polar surface area (TPSA) is 75.6 Å². The van der Waals surface area contributed by atoms with Crippen LogP contribution in [0.5, 0.6) is 0 Å². The minimum Gasteiger partial charge on any atom is -0.481 e. The molecule has 2 aromatic rings. The van der Waals surface area contributed by atoms with Gasteiger partial charge < -0.3 is 15.2 Å². The number of hydrogen-bond donors (Lipinski definition) is 2. The molecule has 2 N–H and O–H groups in total. The first-order valence-electron chi connectivity index (χ1n) is 7.29. The predicted octanol–water partition coefficient (Wildman–Crippen LogP) is 2.97. The molecule has 2 aromatic carbocycles. The van der Waals surface area contributed by atoms with Crippen LogP contribution in [0.15, 0.2) is 40.9 Å². The van der Waals surface area contributed by atoms with Crippen LogP contribution in [-0.4, -0.2) is 35.7 Å². The first-order chi connectivity index (χ1) is 11.0. The van der Waals surface area contributed by atoms with Gasteiger partial charge in [0.2, 0.25) is 0 Å². The third kappa shape index (κ3) is 3.38. The largest absolute Gasteiger partial charge is 0.481 e. The second-order valence-electron chi connectivity index (χ2n) is 5.78. The minimum atomic E-state index is -0.949. The van der Waals surface area contributed by atoms with E-state index < -0.39 is 11.5 Å². The van der Waals surface area contributed by atoms with Gasteiger partial charge in [-0.2, -0.15) is 0 Å². The molecule has 1 atom stereocenters. The van der Waals surface area contributed by atoms with Gasteiger partial charge >= 0.3 is 5.97 Å². The van der Waals surface area contributed by atoms with E-state index in [0.29, 0.717) is 18.6 Å². The minimum absolute atomic E-state index is 0.148. The fourth-order valence-electron chi connectivity index (χ4n) is 2.95. The van der Waals surface area contributed by atoms with Crippen molar-refractivity contribution in [1.29, 1.82) is 0 Å². The van der Waals surface area contributed by atoms with Gasteiger partial charge in [-0.15, -0.1) is 0 Å². The van der Waals surface area contributed by atoms with Gasteiger partial charge in [0.25, 0.3) is 5.91 Å². The van der Waals surface area contributed by atoms with E-state index >= 15 is 0 Å². The fraction of sp³-hybridized carbons (Fsp3) is 0.294. The maximum absolute atomic E-state index is 12.8. The van der Waals surface area contributed by atoms with Crippen molar-refractivity contribution >= 4 is 38.6 Å². The number of hydrogen-bond acceptors (Lipinski definition) is 3. The number of carboxylic acid groups (broad SMARTS) is 1. The van der Waals surface area contributed by atoms with Crippen molar-refractivity contribution in [3.8, 4) is 0 Å². The van der Waals surface area contributed by atoms with Gasteiger partial charge in [0, 0.05) is 16.6 Å². The van der Waals surface area contributed by atoms with E-state index in [0.717, 1.165) is 15.2 Å². The van der Waals surface area contributed by atoms with E-state index in [1.165, 1.54) is 0 Å². The summed E-state index contributed by atoms with van der Waals surface area (Å²) in [6.45, 7) is 0.670. The number of ether oxygens (including phenoxy) is 1. The molecule has 0 aliphatic carbocycles. The number of aliphatic carboxylic acids is 1. The van der Waals surface area contributed by atoms with Crippen molar-refractivity contribution in [2.75, 3.05) is 13.2 Å². The third-order valence-electron chi connectivity index (χ3n) is 4.04. The monoisotopic (exact) mass is 377 g/mol. The van der Waals surface area contributed by atoms with E-state index in [2.05, 4.69) is 21.2 Å². The van der Waals surface area contributed by atoms with E-state index in [-0.39, 0.29) is 18.9 Å². The van der Waals surface area contributed by atoms with Crippen molar-refractivity contribution in [2.24, 2.45) is 0 Å². The summed E-state index contributed by atoms with van der Waals surface area (Å²) in [7, 11) is 0. The molecule has 1 unspecified atom stereocenters. The Balaban J connectivity index is 1.95. The number of carbonyl (C=O) groups is 2. The Morgan fingerprint density at radius 1 is 1.30 bits per heavy atom. The average Bonchev–Trinajstić information content (AvgIpc) is 2.93. The van der Waals surface area contributed by atoms with Gasteiger partial charge in [0.15, 0.2) is 0 Å². The Bertz CT molecular complexity index is 768. The molecule has 0 aromatic heterocycles. The number of fused-ring (bicyclic) bond motifs is 1. The average molecular weight is 378 g/mol. The highest BCUT2D eigenvalue weighted by Gasteiger charge is 2.39. The highest BCUT2D eigenvalue weighted by atomic mass is 79.9. The van der Waals surface area contributed by atoms with E-state index in [9.17, 15) is 9.59 Å². The number of halogens is 1. The Morgan fingerprint density at radius 3 is 2.78 bits per heavy atom. The molecule has 23 heavy (non-hydrogen) atoms. The van der Waals surface area contributed by atoms with Crippen LogP contribution in [0.4, 0.5) is 0 Å². The lowest BCUT2D eigenvalue weighted by molar-refractivity contribution is -0.138. The lowest BCUT2D eigenvalue weighted by Gasteiger charge is -2.27. The molecule has 6 heteroatoms. The van der Waals surface area contributed by atoms with Crippen molar-refractivity contribution in [3.05, 3.63) is 46.4 Å². The Hall–Kier alpha value is -1.92. The summed E-state index contributed by atoms with van der Waals surface area (Å²) in [5.41, 5.74) is -0.321. The molecule has 1 heterocycles. The number of benzene rings is 2. The highest BCUT2D eigenvalue weighted by molar-refractivity contribution is 9.10. The summed E-state index contributed by atoms with van der Waals surface area (Å²) >= 11 is 3.42. The van der Waals surface area contributed by atoms with Gasteiger partial charge in [-0.25, -0.2) is 0 Å². The van der Waals surface area contributed by atoms with Crippen LogP contribution in [0.25, 0.3) is 10.8 Å². The van der Waals surface area contributed by atoms with Crippen molar-refractivity contribution in [2.45, 2.75) is 18.4 Å². The molecule has 5 nitrogen and oxygen atoms in total. The van der Waals surface area contributed by atoms with Crippen molar-refractivity contribution < 1.29 is 19.4 Å². The molecule has 3 rings (SSSR count). The van der Waals surface area contributed by atoms with Gasteiger partial charge in [0.1, 0.15) is 0 Å². The van der Waals surface area contributed by atoms with Gasteiger partial charge in [0.05, 0.1) is 18.6 Å². The SMILES string of the molecule is O=C(O)CC1(NC(=O)c2cc(Br)cc3ccccc23)CCOC1. The van der Waals surface area contributed by atoms with Gasteiger partial charge in [-0.1, -0.05) is 40.2 Å². The molecule has 0 radical (unpaired) electrons. The summed E-state index contributed by atoms with van der Waals surface area (Å²) in [6.07, 6.45) is 0.349. The molecule has 1 fully saturated rings. The number of carboxylic acids is 1. The van der Waals surface area contributed by atoms with Gasteiger partial charge in [-0.05, 0) is 29.3 Å². The summed E-state index contributed by atoms with van der Waals surface area (Å²) in [4.78, 5) is 23.9. The molecule has 1 saturated heterocycles. The molecule has 1 aliphatic heterocycles. The number of rotatable bonds is 4. The van der Waals surface area contributed by atoms with Crippen LogP contribution < -0.4 is 5.32 Å².